The van der Waals surface area contributed by atoms with Crippen LogP contribution in [0.1, 0.15) is 34.0 Å². The molecule has 0 radical (unpaired) electrons. The third-order valence-electron chi connectivity index (χ3n) is 2.51. The Hall–Kier alpha value is -1.79. The van der Waals surface area contributed by atoms with Crippen molar-refractivity contribution in [3.05, 3.63) is 46.2 Å². The monoisotopic (exact) mass is 262 g/mol. The minimum absolute atomic E-state index is 0.0801. The number of carbonyl (C=O) groups excluding carboxylic acids is 1. The van der Waals surface area contributed by atoms with Crippen LogP contribution in [0.3, 0.4) is 0 Å². The van der Waals surface area contributed by atoms with E-state index < -0.39 is 0 Å². The van der Waals surface area contributed by atoms with Crippen LogP contribution >= 0.6 is 11.3 Å². The first kappa shape index (κ1) is 12.7. The van der Waals surface area contributed by atoms with Crippen LogP contribution in [-0.2, 0) is 6.54 Å². The molecule has 2 aromatic heterocycles. The highest BCUT2D eigenvalue weighted by Gasteiger charge is 2.13. The van der Waals surface area contributed by atoms with Gasteiger partial charge in [-0.05, 0) is 24.6 Å². The molecule has 3 N–H and O–H groups in total. The molecule has 1 unspecified atom stereocenters. The van der Waals surface area contributed by atoms with E-state index in [2.05, 4.69) is 15.3 Å². The van der Waals surface area contributed by atoms with Crippen molar-refractivity contribution >= 4 is 17.2 Å². The lowest BCUT2D eigenvalue weighted by Crippen LogP contribution is -2.27. The maximum absolute atomic E-state index is 11.9. The zero-order valence-corrected chi connectivity index (χ0v) is 10.8. The SMILES string of the molecule is CC(NC(=O)c1csc(CN)n1)c1ccncc1. The van der Waals surface area contributed by atoms with Gasteiger partial charge in [-0.3, -0.25) is 9.78 Å². The number of hydrogen-bond donors (Lipinski definition) is 2. The average molecular weight is 262 g/mol. The Morgan fingerprint density at radius 2 is 2.22 bits per heavy atom. The van der Waals surface area contributed by atoms with Crippen molar-refractivity contribution in [1.29, 1.82) is 0 Å². The predicted octanol–water partition coefficient (Wildman–Crippen LogP) is 1.49. The number of nitrogens with one attached hydrogen (secondary N) is 1. The fraction of sp³-hybridized carbons (Fsp3) is 0.250. The summed E-state index contributed by atoms with van der Waals surface area (Å²) in [6.45, 7) is 2.28. The number of thiazole rings is 1. The van der Waals surface area contributed by atoms with Crippen molar-refractivity contribution in [3.63, 3.8) is 0 Å². The number of carbonyl (C=O) groups is 1. The normalized spacial score (nSPS) is 12.1. The van der Waals surface area contributed by atoms with E-state index in [0.29, 0.717) is 12.2 Å². The molecule has 0 aliphatic heterocycles. The van der Waals surface area contributed by atoms with Crippen molar-refractivity contribution in [1.82, 2.24) is 15.3 Å². The molecule has 5 nitrogen and oxygen atoms in total. The zero-order chi connectivity index (χ0) is 13.0. The number of nitrogens with zero attached hydrogens (tertiary/aromatic N) is 2. The van der Waals surface area contributed by atoms with Gasteiger partial charge >= 0.3 is 0 Å². The Morgan fingerprint density at radius 1 is 1.50 bits per heavy atom. The second-order valence-corrected chi connectivity index (χ2v) is 4.75. The van der Waals surface area contributed by atoms with Gasteiger partial charge in [0.05, 0.1) is 6.04 Å². The second-order valence-electron chi connectivity index (χ2n) is 3.81. The van der Waals surface area contributed by atoms with Gasteiger partial charge in [-0.1, -0.05) is 0 Å². The van der Waals surface area contributed by atoms with Gasteiger partial charge in [0.1, 0.15) is 10.7 Å². The number of amides is 1. The number of aromatic nitrogens is 2. The minimum Gasteiger partial charge on any atom is -0.344 e. The molecular formula is C12H14N4OS. The summed E-state index contributed by atoms with van der Waals surface area (Å²) in [7, 11) is 0. The van der Waals surface area contributed by atoms with E-state index in [9.17, 15) is 4.79 Å². The summed E-state index contributed by atoms with van der Waals surface area (Å²) in [5, 5.41) is 5.37. The van der Waals surface area contributed by atoms with Crippen LogP contribution in [0.2, 0.25) is 0 Å². The van der Waals surface area contributed by atoms with Crippen molar-refractivity contribution in [2.75, 3.05) is 0 Å². The number of hydrogen-bond acceptors (Lipinski definition) is 5. The summed E-state index contributed by atoms with van der Waals surface area (Å²) in [4.78, 5) is 20.0. The summed E-state index contributed by atoms with van der Waals surface area (Å²) >= 11 is 1.39. The van der Waals surface area contributed by atoms with E-state index in [-0.39, 0.29) is 11.9 Å². The largest absolute Gasteiger partial charge is 0.344 e. The summed E-state index contributed by atoms with van der Waals surface area (Å²) in [6.07, 6.45) is 3.40. The van der Waals surface area contributed by atoms with Gasteiger partial charge in [0.2, 0.25) is 0 Å². The lowest BCUT2D eigenvalue weighted by Gasteiger charge is -2.12. The first-order valence-corrected chi connectivity index (χ1v) is 6.44. The second kappa shape index (κ2) is 5.70. The van der Waals surface area contributed by atoms with Gasteiger partial charge < -0.3 is 11.1 Å². The molecular weight excluding hydrogens is 248 g/mol. The van der Waals surface area contributed by atoms with Crippen LogP contribution in [0, 0.1) is 0 Å². The first-order chi connectivity index (χ1) is 8.70. The number of rotatable bonds is 4. The van der Waals surface area contributed by atoms with E-state index in [0.717, 1.165) is 10.6 Å². The molecule has 0 aliphatic rings. The molecule has 1 amide bonds. The average Bonchev–Trinajstić information content (AvgIpc) is 2.88. The fourth-order valence-electron chi connectivity index (χ4n) is 1.51. The molecule has 0 fully saturated rings. The summed E-state index contributed by atoms with van der Waals surface area (Å²) in [5.74, 6) is -0.185. The van der Waals surface area contributed by atoms with Crippen LogP contribution in [0.5, 0.6) is 0 Å². The van der Waals surface area contributed by atoms with E-state index in [4.69, 9.17) is 5.73 Å². The smallest absolute Gasteiger partial charge is 0.271 e. The van der Waals surface area contributed by atoms with Crippen LogP contribution in [0.25, 0.3) is 0 Å². The lowest BCUT2D eigenvalue weighted by molar-refractivity contribution is 0.0935. The summed E-state index contributed by atoms with van der Waals surface area (Å²) in [5.41, 5.74) is 6.89. The molecule has 2 rings (SSSR count). The van der Waals surface area contributed by atoms with Gasteiger partial charge in [-0.2, -0.15) is 0 Å². The fourth-order valence-corrected chi connectivity index (χ4v) is 2.17. The molecule has 18 heavy (non-hydrogen) atoms. The van der Waals surface area contributed by atoms with Crippen LogP contribution in [-0.4, -0.2) is 15.9 Å². The topological polar surface area (TPSA) is 80.9 Å². The molecule has 6 heteroatoms. The minimum atomic E-state index is -0.185. The Morgan fingerprint density at radius 3 is 2.83 bits per heavy atom. The molecule has 94 valence electrons. The van der Waals surface area contributed by atoms with Crippen molar-refractivity contribution in [2.24, 2.45) is 5.73 Å². The molecule has 0 aromatic carbocycles. The molecule has 1 atom stereocenters. The Balaban J connectivity index is 2.03. The van der Waals surface area contributed by atoms with E-state index in [1.807, 2.05) is 19.1 Å². The number of nitrogens with two attached hydrogens (primary N) is 1. The van der Waals surface area contributed by atoms with E-state index in [1.54, 1.807) is 17.8 Å². The summed E-state index contributed by atoms with van der Waals surface area (Å²) in [6, 6.07) is 3.66. The van der Waals surface area contributed by atoms with Crippen molar-refractivity contribution in [3.8, 4) is 0 Å². The zero-order valence-electron chi connectivity index (χ0n) is 9.96. The van der Waals surface area contributed by atoms with Crippen molar-refractivity contribution < 1.29 is 4.79 Å². The third kappa shape index (κ3) is 2.91. The molecule has 2 heterocycles. The quantitative estimate of drug-likeness (QED) is 0.874. The van der Waals surface area contributed by atoms with Gasteiger partial charge in [0, 0.05) is 24.3 Å². The Bertz CT molecular complexity index is 526. The molecule has 2 aromatic rings. The summed E-state index contributed by atoms with van der Waals surface area (Å²) < 4.78 is 0. The number of pyridine rings is 1. The maximum Gasteiger partial charge on any atom is 0.271 e. The van der Waals surface area contributed by atoms with Crippen molar-refractivity contribution in [2.45, 2.75) is 19.5 Å². The molecule has 0 aliphatic carbocycles. The van der Waals surface area contributed by atoms with Gasteiger partial charge in [-0.25, -0.2) is 4.98 Å². The molecule has 0 bridgehead atoms. The predicted molar refractivity (Wildman–Crippen MR) is 70.1 cm³/mol. The van der Waals surface area contributed by atoms with Gasteiger partial charge in [-0.15, -0.1) is 11.3 Å². The molecule has 0 spiro atoms. The van der Waals surface area contributed by atoms with E-state index >= 15 is 0 Å². The Labute approximate surface area is 109 Å². The van der Waals surface area contributed by atoms with Gasteiger partial charge in [0.15, 0.2) is 0 Å². The van der Waals surface area contributed by atoms with Crippen LogP contribution in [0.15, 0.2) is 29.9 Å². The van der Waals surface area contributed by atoms with E-state index in [1.165, 1.54) is 11.3 Å². The van der Waals surface area contributed by atoms with Crippen LogP contribution < -0.4 is 11.1 Å². The highest BCUT2D eigenvalue weighted by molar-refractivity contribution is 7.09. The van der Waals surface area contributed by atoms with Gasteiger partial charge in [0.25, 0.3) is 5.91 Å². The standard InChI is InChI=1S/C12H14N4OS/c1-8(9-2-4-14-5-3-9)15-12(17)10-7-18-11(6-13)16-10/h2-5,7-8H,6,13H2,1H3,(H,15,17). The highest BCUT2D eigenvalue weighted by atomic mass is 32.1. The third-order valence-corrected chi connectivity index (χ3v) is 3.38. The van der Waals surface area contributed by atoms with Crippen LogP contribution in [0.4, 0.5) is 0 Å². The lowest BCUT2D eigenvalue weighted by atomic mass is 10.1. The molecule has 0 saturated carbocycles. The first-order valence-electron chi connectivity index (χ1n) is 5.56. The maximum atomic E-state index is 11.9. The Kier molecular flexibility index (Phi) is 4.01. The highest BCUT2D eigenvalue weighted by Crippen LogP contribution is 2.13. The molecule has 0 saturated heterocycles.